The van der Waals surface area contributed by atoms with Crippen LogP contribution in [0.1, 0.15) is 23.1 Å². The largest absolute Gasteiger partial charge is 0.312 e. The van der Waals surface area contributed by atoms with Crippen LogP contribution in [0.25, 0.3) is 0 Å². The molecule has 1 aromatic carbocycles. The molecule has 2 rings (SSSR count). The second-order valence-corrected chi connectivity index (χ2v) is 3.55. The van der Waals surface area contributed by atoms with Gasteiger partial charge in [0.05, 0.1) is 12.5 Å². The van der Waals surface area contributed by atoms with Crippen LogP contribution < -0.4 is 5.32 Å². The molecular weight excluding hydrogens is 184 g/mol. The molecule has 0 bridgehead atoms. The van der Waals surface area contributed by atoms with E-state index in [2.05, 4.69) is 29.3 Å². The number of nitrogens with one attached hydrogen (secondary N) is 1. The maximum absolute atomic E-state index is 8.38. The van der Waals surface area contributed by atoms with Gasteiger partial charge in [-0.2, -0.15) is 5.26 Å². The molecule has 2 heteroatoms. The van der Waals surface area contributed by atoms with E-state index < -0.39 is 0 Å². The van der Waals surface area contributed by atoms with E-state index >= 15 is 0 Å². The molecule has 0 saturated heterocycles. The molecule has 1 N–H and O–H groups in total. The van der Waals surface area contributed by atoms with Crippen LogP contribution in [0.3, 0.4) is 0 Å². The predicted octanol–water partition coefficient (Wildman–Crippen LogP) is 1.60. The van der Waals surface area contributed by atoms with Crippen LogP contribution in [0.15, 0.2) is 18.2 Å². The van der Waals surface area contributed by atoms with Crippen molar-refractivity contribution in [1.29, 1.82) is 5.26 Å². The van der Waals surface area contributed by atoms with Crippen molar-refractivity contribution >= 4 is 0 Å². The van der Waals surface area contributed by atoms with Gasteiger partial charge in [-0.25, -0.2) is 0 Å². The molecule has 1 aliphatic rings. The average molecular weight is 196 g/mol. The second-order valence-electron chi connectivity index (χ2n) is 3.55. The van der Waals surface area contributed by atoms with Crippen molar-refractivity contribution in [2.75, 3.05) is 6.54 Å². The van der Waals surface area contributed by atoms with Gasteiger partial charge >= 0.3 is 0 Å². The summed E-state index contributed by atoms with van der Waals surface area (Å²) >= 11 is 0. The fourth-order valence-electron chi connectivity index (χ4n) is 1.74. The Kier molecular flexibility index (Phi) is 3.02. The smallest absolute Gasteiger partial charge is 0.0966 e. The van der Waals surface area contributed by atoms with Crippen LogP contribution in [-0.4, -0.2) is 6.54 Å². The van der Waals surface area contributed by atoms with Crippen molar-refractivity contribution < 1.29 is 0 Å². The zero-order valence-electron chi connectivity index (χ0n) is 8.51. The molecule has 1 aromatic rings. The van der Waals surface area contributed by atoms with Gasteiger partial charge in [0.2, 0.25) is 0 Å². The first-order valence-corrected chi connectivity index (χ1v) is 5.08. The number of hydrogen-bond donors (Lipinski definition) is 1. The fraction of sp³-hybridized carbons (Fsp3) is 0.308. The number of fused-ring (bicyclic) bond motifs is 1. The van der Waals surface area contributed by atoms with E-state index in [-0.39, 0.29) is 0 Å². The second kappa shape index (κ2) is 4.64. The van der Waals surface area contributed by atoms with Gasteiger partial charge in [0.1, 0.15) is 0 Å². The van der Waals surface area contributed by atoms with E-state index in [1.54, 1.807) is 0 Å². The lowest BCUT2D eigenvalue weighted by Gasteiger charge is -2.16. The zero-order valence-corrected chi connectivity index (χ0v) is 8.51. The number of nitrogens with zero attached hydrogens (tertiary/aromatic N) is 1. The summed E-state index contributed by atoms with van der Waals surface area (Å²) in [5.41, 5.74) is 3.77. The van der Waals surface area contributed by atoms with Crippen LogP contribution in [0.4, 0.5) is 0 Å². The van der Waals surface area contributed by atoms with Crippen LogP contribution in [0.5, 0.6) is 0 Å². The molecule has 0 unspecified atom stereocenters. The van der Waals surface area contributed by atoms with E-state index in [1.165, 1.54) is 11.1 Å². The number of rotatable bonds is 0. The van der Waals surface area contributed by atoms with Gasteiger partial charge in [-0.3, -0.25) is 0 Å². The lowest BCUT2D eigenvalue weighted by atomic mass is 9.98. The van der Waals surface area contributed by atoms with Crippen molar-refractivity contribution in [2.45, 2.75) is 19.4 Å². The third-order valence-corrected chi connectivity index (χ3v) is 2.49. The lowest BCUT2D eigenvalue weighted by Crippen LogP contribution is -2.23. The van der Waals surface area contributed by atoms with Crippen LogP contribution >= 0.6 is 0 Å². The summed E-state index contributed by atoms with van der Waals surface area (Å²) in [6.07, 6.45) is 1.38. The van der Waals surface area contributed by atoms with E-state index in [4.69, 9.17) is 5.26 Å². The molecular formula is C13H12N2. The molecule has 74 valence electrons. The first-order valence-electron chi connectivity index (χ1n) is 5.08. The normalized spacial score (nSPS) is 13.3. The van der Waals surface area contributed by atoms with Crippen LogP contribution in [-0.2, 0) is 13.0 Å². The highest BCUT2D eigenvalue weighted by Crippen LogP contribution is 2.15. The molecule has 1 aliphatic heterocycles. The van der Waals surface area contributed by atoms with E-state index in [9.17, 15) is 0 Å². The Morgan fingerprint density at radius 1 is 1.33 bits per heavy atom. The summed E-state index contributed by atoms with van der Waals surface area (Å²) in [6.45, 7) is 2.00. The van der Waals surface area contributed by atoms with Gasteiger partial charge in [-0.1, -0.05) is 17.9 Å². The summed E-state index contributed by atoms with van der Waals surface area (Å²) in [5.74, 6) is 5.83. The average Bonchev–Trinajstić information content (AvgIpc) is 2.29. The van der Waals surface area contributed by atoms with Gasteiger partial charge in [0.15, 0.2) is 0 Å². The molecule has 0 saturated carbocycles. The van der Waals surface area contributed by atoms with Gasteiger partial charge < -0.3 is 5.32 Å². The Hall–Kier alpha value is -1.77. The van der Waals surface area contributed by atoms with E-state index in [1.807, 2.05) is 12.1 Å². The van der Waals surface area contributed by atoms with Gasteiger partial charge in [0.25, 0.3) is 0 Å². The minimum absolute atomic E-state index is 0.304. The monoisotopic (exact) mass is 196 g/mol. The van der Waals surface area contributed by atoms with Crippen LogP contribution in [0.2, 0.25) is 0 Å². The van der Waals surface area contributed by atoms with Gasteiger partial charge in [0, 0.05) is 12.1 Å². The molecule has 2 nitrogen and oxygen atoms in total. The van der Waals surface area contributed by atoms with Crippen molar-refractivity contribution in [3.8, 4) is 17.9 Å². The fourth-order valence-corrected chi connectivity index (χ4v) is 1.74. The highest BCUT2D eigenvalue weighted by atomic mass is 14.9. The van der Waals surface area contributed by atoms with Crippen molar-refractivity contribution in [3.05, 3.63) is 34.9 Å². The van der Waals surface area contributed by atoms with Crippen molar-refractivity contribution in [3.63, 3.8) is 0 Å². The molecule has 0 fully saturated rings. The highest BCUT2D eigenvalue weighted by Gasteiger charge is 2.07. The summed E-state index contributed by atoms with van der Waals surface area (Å²) in [5, 5.41) is 11.7. The van der Waals surface area contributed by atoms with Gasteiger partial charge in [-0.05, 0) is 36.2 Å². The van der Waals surface area contributed by atoms with Crippen molar-refractivity contribution in [2.24, 2.45) is 0 Å². The SMILES string of the molecule is N#CCC#Cc1ccc2c(c1)CCNC2. The standard InChI is InChI=1S/C13H12N2/c14-7-2-1-3-11-4-5-13-10-15-8-6-12(13)9-11/h4-5,9,15H,2,6,8,10H2. The van der Waals surface area contributed by atoms with Gasteiger partial charge in [-0.15, -0.1) is 0 Å². The number of hydrogen-bond acceptors (Lipinski definition) is 2. The molecule has 0 radical (unpaired) electrons. The maximum atomic E-state index is 8.38. The quantitative estimate of drug-likeness (QED) is 0.640. The molecule has 0 aromatic heterocycles. The minimum Gasteiger partial charge on any atom is -0.312 e. The van der Waals surface area contributed by atoms with Crippen molar-refractivity contribution in [1.82, 2.24) is 5.32 Å². The maximum Gasteiger partial charge on any atom is 0.0966 e. The Labute approximate surface area is 89.9 Å². The Balaban J connectivity index is 2.22. The van der Waals surface area contributed by atoms with Crippen LogP contribution in [0, 0.1) is 23.2 Å². The number of nitriles is 1. The molecule has 0 atom stereocenters. The topological polar surface area (TPSA) is 35.8 Å². The lowest BCUT2D eigenvalue weighted by molar-refractivity contribution is 0.643. The molecule has 0 aliphatic carbocycles. The Morgan fingerprint density at radius 3 is 3.13 bits per heavy atom. The Bertz CT molecular complexity index is 458. The molecule has 1 heterocycles. The van der Waals surface area contributed by atoms with E-state index in [0.29, 0.717) is 6.42 Å². The minimum atomic E-state index is 0.304. The highest BCUT2D eigenvalue weighted by molar-refractivity contribution is 5.42. The summed E-state index contributed by atoms with van der Waals surface area (Å²) in [4.78, 5) is 0. The van der Waals surface area contributed by atoms with E-state index in [0.717, 1.165) is 25.1 Å². The third-order valence-electron chi connectivity index (χ3n) is 2.49. The molecule has 0 amide bonds. The third kappa shape index (κ3) is 2.37. The summed E-state index contributed by atoms with van der Waals surface area (Å²) < 4.78 is 0. The molecule has 15 heavy (non-hydrogen) atoms. The summed E-state index contributed by atoms with van der Waals surface area (Å²) in [6, 6.07) is 8.30. The predicted molar refractivity (Wildman–Crippen MR) is 59.0 cm³/mol. The Morgan fingerprint density at radius 2 is 2.27 bits per heavy atom. The first kappa shape index (κ1) is 9.77. The molecule has 0 spiro atoms. The zero-order chi connectivity index (χ0) is 10.5. The first-order chi connectivity index (χ1) is 7.40. The number of benzene rings is 1. The summed E-state index contributed by atoms with van der Waals surface area (Å²) in [7, 11) is 0.